The Kier molecular flexibility index (Phi) is 5.84. The maximum absolute atomic E-state index is 11.5. The molecule has 1 aliphatic rings. The summed E-state index contributed by atoms with van der Waals surface area (Å²) >= 11 is 0. The number of urea groups is 1. The van der Waals surface area contributed by atoms with Gasteiger partial charge in [0.25, 0.3) is 0 Å². The lowest BCUT2D eigenvalue weighted by Crippen LogP contribution is -2.47. The lowest BCUT2D eigenvalue weighted by Gasteiger charge is -2.13. The van der Waals surface area contributed by atoms with E-state index in [1.54, 1.807) is 0 Å². The Hall–Kier alpha value is -2.05. The number of allylic oxidation sites excluding steroid dienone is 1. The van der Waals surface area contributed by atoms with Gasteiger partial charge in [-0.1, -0.05) is 11.6 Å². The van der Waals surface area contributed by atoms with Gasteiger partial charge < -0.3 is 21.5 Å². The minimum Gasteiger partial charge on any atom is -0.480 e. The van der Waals surface area contributed by atoms with Crippen molar-refractivity contribution in [2.45, 2.75) is 38.1 Å². The average Bonchev–Trinajstić information content (AvgIpc) is 2.80. The third-order valence-electron chi connectivity index (χ3n) is 2.88. The molecule has 0 spiro atoms. The summed E-state index contributed by atoms with van der Waals surface area (Å²) in [6, 6.07) is -1.89. The molecule has 1 unspecified atom stereocenters. The van der Waals surface area contributed by atoms with Gasteiger partial charge in [-0.25, -0.2) is 9.59 Å². The van der Waals surface area contributed by atoms with Crippen molar-refractivity contribution in [1.29, 1.82) is 0 Å². The third-order valence-corrected chi connectivity index (χ3v) is 2.88. The SMILES string of the molecule is NC(=O)CC(NC(=O)NCCC1=CCCC1)C(=O)O. The first-order valence-corrected chi connectivity index (χ1v) is 6.22. The van der Waals surface area contributed by atoms with Crippen molar-refractivity contribution < 1.29 is 19.5 Å². The predicted molar refractivity (Wildman–Crippen MR) is 68.3 cm³/mol. The fourth-order valence-electron chi connectivity index (χ4n) is 1.91. The number of hydrogen-bond donors (Lipinski definition) is 4. The molecule has 1 atom stereocenters. The van der Waals surface area contributed by atoms with Gasteiger partial charge in [0.2, 0.25) is 5.91 Å². The number of primary amides is 1. The molecular formula is C12H19N3O4. The van der Waals surface area contributed by atoms with Crippen LogP contribution in [0.1, 0.15) is 32.1 Å². The molecule has 0 heterocycles. The van der Waals surface area contributed by atoms with Crippen molar-refractivity contribution in [3.05, 3.63) is 11.6 Å². The van der Waals surface area contributed by atoms with Gasteiger partial charge in [-0.15, -0.1) is 0 Å². The first-order chi connectivity index (χ1) is 8.99. The van der Waals surface area contributed by atoms with Gasteiger partial charge in [0.05, 0.1) is 6.42 Å². The number of carbonyl (C=O) groups excluding carboxylic acids is 2. The molecule has 106 valence electrons. The monoisotopic (exact) mass is 269 g/mol. The minimum absolute atomic E-state index is 0.423. The van der Waals surface area contributed by atoms with Crippen LogP contribution in [0.15, 0.2) is 11.6 Å². The Morgan fingerprint density at radius 2 is 2.16 bits per heavy atom. The van der Waals surface area contributed by atoms with Crippen LogP contribution < -0.4 is 16.4 Å². The molecule has 0 bridgehead atoms. The van der Waals surface area contributed by atoms with Crippen molar-refractivity contribution >= 4 is 17.9 Å². The molecule has 0 saturated carbocycles. The van der Waals surface area contributed by atoms with Crippen LogP contribution in [0.3, 0.4) is 0 Å². The van der Waals surface area contributed by atoms with E-state index in [1.807, 2.05) is 0 Å². The number of rotatable bonds is 7. The van der Waals surface area contributed by atoms with Gasteiger partial charge in [0.1, 0.15) is 6.04 Å². The van der Waals surface area contributed by atoms with Gasteiger partial charge in [-0.2, -0.15) is 0 Å². The molecule has 19 heavy (non-hydrogen) atoms. The minimum atomic E-state index is -1.29. The molecule has 0 aromatic carbocycles. The number of carbonyl (C=O) groups is 3. The van der Waals surface area contributed by atoms with Gasteiger partial charge in [-0.05, 0) is 25.7 Å². The second-order valence-electron chi connectivity index (χ2n) is 4.47. The highest BCUT2D eigenvalue weighted by Gasteiger charge is 2.21. The maximum Gasteiger partial charge on any atom is 0.326 e. The summed E-state index contributed by atoms with van der Waals surface area (Å²) in [5.74, 6) is -2.06. The summed E-state index contributed by atoms with van der Waals surface area (Å²) in [4.78, 5) is 32.9. The molecule has 0 fully saturated rings. The topological polar surface area (TPSA) is 122 Å². The number of aliphatic carboxylic acids is 1. The number of nitrogens with one attached hydrogen (secondary N) is 2. The quantitative estimate of drug-likeness (QED) is 0.490. The van der Waals surface area contributed by atoms with E-state index < -0.39 is 30.4 Å². The average molecular weight is 269 g/mol. The van der Waals surface area contributed by atoms with E-state index in [4.69, 9.17) is 10.8 Å². The van der Waals surface area contributed by atoms with Gasteiger partial charge in [0, 0.05) is 6.54 Å². The molecule has 0 radical (unpaired) electrons. The van der Waals surface area contributed by atoms with E-state index in [9.17, 15) is 14.4 Å². The van der Waals surface area contributed by atoms with E-state index in [1.165, 1.54) is 5.57 Å². The Balaban J connectivity index is 2.27. The zero-order chi connectivity index (χ0) is 14.3. The first kappa shape index (κ1) is 15.0. The number of hydrogen-bond acceptors (Lipinski definition) is 3. The van der Waals surface area contributed by atoms with Crippen LogP contribution in [0.25, 0.3) is 0 Å². The zero-order valence-electron chi connectivity index (χ0n) is 10.6. The summed E-state index contributed by atoms with van der Waals surface area (Å²) < 4.78 is 0. The number of nitrogens with two attached hydrogens (primary N) is 1. The van der Waals surface area contributed by atoms with Crippen molar-refractivity contribution in [1.82, 2.24) is 10.6 Å². The van der Waals surface area contributed by atoms with Crippen molar-refractivity contribution in [3.8, 4) is 0 Å². The second kappa shape index (κ2) is 7.40. The number of carboxylic acid groups (broad SMARTS) is 1. The summed E-state index contributed by atoms with van der Waals surface area (Å²) in [5.41, 5.74) is 6.22. The Morgan fingerprint density at radius 3 is 2.68 bits per heavy atom. The smallest absolute Gasteiger partial charge is 0.326 e. The summed E-state index contributed by atoms with van der Waals surface area (Å²) in [6.07, 6.45) is 5.80. The summed E-state index contributed by atoms with van der Waals surface area (Å²) in [7, 11) is 0. The van der Waals surface area contributed by atoms with Crippen LogP contribution in [0, 0.1) is 0 Å². The first-order valence-electron chi connectivity index (χ1n) is 6.22. The highest BCUT2D eigenvalue weighted by atomic mass is 16.4. The van der Waals surface area contributed by atoms with Crippen LogP contribution in [-0.4, -0.2) is 35.6 Å². The van der Waals surface area contributed by atoms with Crippen LogP contribution in [-0.2, 0) is 9.59 Å². The van der Waals surface area contributed by atoms with E-state index in [0.29, 0.717) is 6.54 Å². The molecular weight excluding hydrogens is 250 g/mol. The van der Waals surface area contributed by atoms with Crippen molar-refractivity contribution in [2.75, 3.05) is 6.54 Å². The molecule has 0 aromatic heterocycles. The lowest BCUT2D eigenvalue weighted by molar-refractivity contribution is -0.140. The summed E-state index contributed by atoms with van der Waals surface area (Å²) in [6.45, 7) is 0.445. The Labute approximate surface area is 111 Å². The third kappa shape index (κ3) is 5.89. The van der Waals surface area contributed by atoms with Gasteiger partial charge in [-0.3, -0.25) is 4.79 Å². The zero-order valence-corrected chi connectivity index (χ0v) is 10.6. The molecule has 0 aromatic rings. The molecule has 7 heteroatoms. The molecule has 5 N–H and O–H groups in total. The van der Waals surface area contributed by atoms with Crippen LogP contribution in [0.2, 0.25) is 0 Å². The maximum atomic E-state index is 11.5. The highest BCUT2D eigenvalue weighted by Crippen LogP contribution is 2.19. The number of carboxylic acids is 1. The molecule has 0 saturated heterocycles. The molecule has 7 nitrogen and oxygen atoms in total. The predicted octanol–water partition coefficient (Wildman–Crippen LogP) is 0.115. The van der Waals surface area contributed by atoms with E-state index >= 15 is 0 Å². The Bertz CT molecular complexity index is 392. The standard InChI is InChI=1S/C12H19N3O4/c13-10(16)7-9(11(17)18)15-12(19)14-6-5-8-3-1-2-4-8/h3,9H,1-2,4-7H2,(H2,13,16)(H,17,18)(H2,14,15,19). The van der Waals surface area contributed by atoms with Crippen LogP contribution in [0.5, 0.6) is 0 Å². The molecule has 1 aliphatic carbocycles. The highest BCUT2D eigenvalue weighted by molar-refractivity contribution is 5.87. The summed E-state index contributed by atoms with van der Waals surface area (Å²) in [5, 5.41) is 13.6. The van der Waals surface area contributed by atoms with E-state index in [2.05, 4.69) is 16.7 Å². The fraction of sp³-hybridized carbons (Fsp3) is 0.583. The molecule has 1 rings (SSSR count). The van der Waals surface area contributed by atoms with E-state index in [0.717, 1.165) is 25.7 Å². The van der Waals surface area contributed by atoms with Crippen molar-refractivity contribution in [3.63, 3.8) is 0 Å². The normalized spacial score (nSPS) is 15.5. The molecule has 0 aliphatic heterocycles. The van der Waals surface area contributed by atoms with Crippen LogP contribution in [0.4, 0.5) is 4.79 Å². The second-order valence-corrected chi connectivity index (χ2v) is 4.47. The van der Waals surface area contributed by atoms with Crippen LogP contribution >= 0.6 is 0 Å². The van der Waals surface area contributed by atoms with Gasteiger partial charge in [0.15, 0.2) is 0 Å². The fourth-order valence-corrected chi connectivity index (χ4v) is 1.91. The van der Waals surface area contributed by atoms with E-state index in [-0.39, 0.29) is 0 Å². The van der Waals surface area contributed by atoms with Gasteiger partial charge >= 0.3 is 12.0 Å². The molecule has 3 amide bonds. The van der Waals surface area contributed by atoms with Crippen molar-refractivity contribution in [2.24, 2.45) is 5.73 Å². The Morgan fingerprint density at radius 1 is 1.42 bits per heavy atom. The largest absolute Gasteiger partial charge is 0.480 e. The lowest BCUT2D eigenvalue weighted by atomic mass is 10.2. The number of amides is 3.